The van der Waals surface area contributed by atoms with Crippen LogP contribution in [0.3, 0.4) is 0 Å². The van der Waals surface area contributed by atoms with Crippen molar-refractivity contribution in [2.45, 2.75) is 19.4 Å². The number of piperidine rings is 1. The van der Waals surface area contributed by atoms with Gasteiger partial charge in [-0.2, -0.15) is 0 Å². The molecule has 0 radical (unpaired) electrons. The van der Waals surface area contributed by atoms with Crippen molar-refractivity contribution in [2.24, 2.45) is 5.92 Å². The highest BCUT2D eigenvalue weighted by Gasteiger charge is 2.27. The topological polar surface area (TPSA) is 75.4 Å². The lowest BCUT2D eigenvalue weighted by atomic mass is 9.98. The van der Waals surface area contributed by atoms with Crippen LogP contribution >= 0.6 is 0 Å². The molecule has 1 aliphatic rings. The van der Waals surface area contributed by atoms with Crippen molar-refractivity contribution in [3.8, 4) is 0 Å². The van der Waals surface area contributed by atoms with E-state index in [1.54, 1.807) is 23.2 Å². The lowest BCUT2D eigenvalue weighted by Crippen LogP contribution is -2.42. The van der Waals surface area contributed by atoms with E-state index < -0.39 is 11.9 Å². The molecule has 6 nitrogen and oxygen atoms in total. The molecular weight excluding hydrogens is 313 g/mol. The number of carbonyl (C=O) groups is 1. The van der Waals surface area contributed by atoms with E-state index in [1.807, 2.05) is 0 Å². The summed E-state index contributed by atoms with van der Waals surface area (Å²) in [5.74, 6) is -1.38. The van der Waals surface area contributed by atoms with Crippen LogP contribution in [0.1, 0.15) is 18.4 Å². The second-order valence-corrected chi connectivity index (χ2v) is 5.93. The molecule has 1 saturated heterocycles. The maximum Gasteiger partial charge on any atom is 0.308 e. The van der Waals surface area contributed by atoms with Gasteiger partial charge in [0.1, 0.15) is 5.82 Å². The standard InChI is InChI=1S/C17H18FN3O3/c18-14-5-3-12(4-6-14)10-21-9-7-19-15(16(21)22)20-8-1-2-13(11-20)17(23)24/h3-7,9,13H,1-2,8,10-11H2,(H,23,24)/t13-/m0/s1. The Morgan fingerprint density at radius 2 is 2.08 bits per heavy atom. The van der Waals surface area contributed by atoms with Gasteiger partial charge in [-0.3, -0.25) is 9.59 Å². The molecule has 0 saturated carbocycles. The number of aromatic nitrogens is 2. The van der Waals surface area contributed by atoms with Crippen LogP contribution in [0, 0.1) is 11.7 Å². The van der Waals surface area contributed by atoms with Crippen molar-refractivity contribution in [3.05, 3.63) is 58.4 Å². The zero-order valence-corrected chi connectivity index (χ0v) is 13.1. The number of carboxylic acid groups (broad SMARTS) is 1. The Labute approximate surface area is 138 Å². The molecule has 1 N–H and O–H groups in total. The highest BCUT2D eigenvalue weighted by Crippen LogP contribution is 2.19. The van der Waals surface area contributed by atoms with Crippen LogP contribution in [-0.4, -0.2) is 33.7 Å². The molecule has 0 bridgehead atoms. The van der Waals surface area contributed by atoms with Gasteiger partial charge in [0.05, 0.1) is 12.5 Å². The summed E-state index contributed by atoms with van der Waals surface area (Å²) in [7, 11) is 0. The van der Waals surface area contributed by atoms with Gasteiger partial charge in [0.2, 0.25) is 0 Å². The molecular formula is C17H18FN3O3. The predicted octanol–water partition coefficient (Wildman–Crippen LogP) is 1.73. The van der Waals surface area contributed by atoms with Gasteiger partial charge >= 0.3 is 5.97 Å². The number of halogens is 1. The first-order chi connectivity index (χ1) is 11.5. The molecule has 1 aromatic heterocycles. The summed E-state index contributed by atoms with van der Waals surface area (Å²) in [4.78, 5) is 29.7. The van der Waals surface area contributed by atoms with E-state index in [0.29, 0.717) is 25.9 Å². The number of nitrogens with zero attached hydrogens (tertiary/aromatic N) is 3. The van der Waals surface area contributed by atoms with Crippen LogP contribution in [0.15, 0.2) is 41.5 Å². The molecule has 1 aromatic carbocycles. The first-order valence-corrected chi connectivity index (χ1v) is 7.82. The quantitative estimate of drug-likeness (QED) is 0.923. The fraction of sp³-hybridized carbons (Fsp3) is 0.353. The van der Waals surface area contributed by atoms with E-state index in [2.05, 4.69) is 4.98 Å². The summed E-state index contributed by atoms with van der Waals surface area (Å²) in [5.41, 5.74) is 0.533. The average Bonchev–Trinajstić information content (AvgIpc) is 2.59. The Bertz CT molecular complexity index is 788. The van der Waals surface area contributed by atoms with Crippen LogP contribution in [0.4, 0.5) is 10.2 Å². The number of carboxylic acids is 1. The Balaban J connectivity index is 1.84. The molecule has 126 valence electrons. The highest BCUT2D eigenvalue weighted by atomic mass is 19.1. The minimum absolute atomic E-state index is 0.269. The lowest BCUT2D eigenvalue weighted by Gasteiger charge is -2.31. The van der Waals surface area contributed by atoms with Crippen LogP contribution in [0.2, 0.25) is 0 Å². The largest absolute Gasteiger partial charge is 0.481 e. The Morgan fingerprint density at radius 1 is 1.33 bits per heavy atom. The van der Waals surface area contributed by atoms with Gasteiger partial charge in [-0.05, 0) is 30.5 Å². The smallest absolute Gasteiger partial charge is 0.308 e. The maximum atomic E-state index is 13.0. The molecule has 1 aliphatic heterocycles. The molecule has 7 heteroatoms. The molecule has 0 amide bonds. The molecule has 0 unspecified atom stereocenters. The van der Waals surface area contributed by atoms with Gasteiger partial charge < -0.3 is 14.6 Å². The number of hydrogen-bond acceptors (Lipinski definition) is 4. The second-order valence-electron chi connectivity index (χ2n) is 5.93. The Morgan fingerprint density at radius 3 is 2.79 bits per heavy atom. The van der Waals surface area contributed by atoms with E-state index in [4.69, 9.17) is 0 Å². The average molecular weight is 331 g/mol. The van der Waals surface area contributed by atoms with Gasteiger partial charge in [-0.25, -0.2) is 9.37 Å². The normalized spacial score (nSPS) is 17.7. The van der Waals surface area contributed by atoms with Crippen molar-refractivity contribution >= 4 is 11.8 Å². The fourth-order valence-corrected chi connectivity index (χ4v) is 2.93. The Hall–Kier alpha value is -2.70. The second kappa shape index (κ2) is 6.82. The van der Waals surface area contributed by atoms with E-state index >= 15 is 0 Å². The monoisotopic (exact) mass is 331 g/mol. The third kappa shape index (κ3) is 3.45. The zero-order valence-electron chi connectivity index (χ0n) is 13.1. The predicted molar refractivity (Wildman–Crippen MR) is 86.6 cm³/mol. The molecule has 3 rings (SSSR count). The molecule has 0 spiro atoms. The molecule has 1 fully saturated rings. The molecule has 0 aliphatic carbocycles. The summed E-state index contributed by atoms with van der Waals surface area (Å²) in [5, 5.41) is 9.18. The summed E-state index contributed by atoms with van der Waals surface area (Å²) < 4.78 is 14.5. The summed E-state index contributed by atoms with van der Waals surface area (Å²) >= 11 is 0. The van der Waals surface area contributed by atoms with Crippen LogP contribution in [0.5, 0.6) is 0 Å². The molecule has 2 heterocycles. The first kappa shape index (κ1) is 16.2. The van der Waals surface area contributed by atoms with Crippen molar-refractivity contribution in [2.75, 3.05) is 18.0 Å². The van der Waals surface area contributed by atoms with Gasteiger partial charge in [0.25, 0.3) is 5.56 Å². The van der Waals surface area contributed by atoms with Crippen molar-refractivity contribution in [1.29, 1.82) is 0 Å². The highest BCUT2D eigenvalue weighted by molar-refractivity contribution is 5.71. The number of hydrogen-bond donors (Lipinski definition) is 1. The van der Waals surface area contributed by atoms with E-state index in [9.17, 15) is 19.1 Å². The van der Waals surface area contributed by atoms with Crippen molar-refractivity contribution < 1.29 is 14.3 Å². The van der Waals surface area contributed by atoms with Crippen LogP contribution in [0.25, 0.3) is 0 Å². The van der Waals surface area contributed by atoms with Crippen molar-refractivity contribution in [3.63, 3.8) is 0 Å². The number of rotatable bonds is 4. The molecule has 1 atom stereocenters. The third-order valence-electron chi connectivity index (χ3n) is 4.23. The lowest BCUT2D eigenvalue weighted by molar-refractivity contribution is -0.141. The van der Waals surface area contributed by atoms with Gasteiger partial charge in [-0.15, -0.1) is 0 Å². The molecule has 24 heavy (non-hydrogen) atoms. The fourth-order valence-electron chi connectivity index (χ4n) is 2.93. The number of anilines is 1. The molecule has 2 aromatic rings. The maximum absolute atomic E-state index is 13.0. The third-order valence-corrected chi connectivity index (χ3v) is 4.23. The van der Waals surface area contributed by atoms with Crippen LogP contribution < -0.4 is 10.5 Å². The zero-order chi connectivity index (χ0) is 17.1. The first-order valence-electron chi connectivity index (χ1n) is 7.82. The minimum Gasteiger partial charge on any atom is -0.481 e. The van der Waals surface area contributed by atoms with Crippen molar-refractivity contribution in [1.82, 2.24) is 9.55 Å². The SMILES string of the molecule is O=C(O)[C@H]1CCCN(c2nccn(Cc3ccc(F)cc3)c2=O)C1. The van der Waals surface area contributed by atoms with Gasteiger partial charge in [0, 0.05) is 25.5 Å². The van der Waals surface area contributed by atoms with Crippen LogP contribution in [-0.2, 0) is 11.3 Å². The van der Waals surface area contributed by atoms with Gasteiger partial charge in [-0.1, -0.05) is 12.1 Å². The van der Waals surface area contributed by atoms with E-state index in [0.717, 1.165) is 5.56 Å². The number of aliphatic carboxylic acids is 1. The Kier molecular flexibility index (Phi) is 4.59. The summed E-state index contributed by atoms with van der Waals surface area (Å²) in [6.45, 7) is 1.22. The van der Waals surface area contributed by atoms with E-state index in [1.165, 1.54) is 22.9 Å². The van der Waals surface area contributed by atoms with Gasteiger partial charge in [0.15, 0.2) is 5.82 Å². The van der Waals surface area contributed by atoms with E-state index in [-0.39, 0.29) is 23.7 Å². The minimum atomic E-state index is -0.845. The summed E-state index contributed by atoms with van der Waals surface area (Å²) in [6.07, 6.45) is 4.44. The number of benzene rings is 1. The summed E-state index contributed by atoms with van der Waals surface area (Å²) in [6, 6.07) is 5.96.